The number of unbranched alkanes of at least 4 members (excludes halogenated alkanes) is 4. The van der Waals surface area contributed by atoms with Crippen molar-refractivity contribution in [2.75, 3.05) is 43.5 Å². The Kier molecular flexibility index (Phi) is 16.2. The molecular weight excluding hydrogens is 674 g/mol. The number of anilines is 3. The van der Waals surface area contributed by atoms with E-state index in [4.69, 9.17) is 28.5 Å². The Morgan fingerprint density at radius 2 is 1.58 bits per heavy atom. The third-order valence-corrected chi connectivity index (χ3v) is 10.1. The summed E-state index contributed by atoms with van der Waals surface area (Å²) in [6.45, 7) is 7.07. The predicted molar refractivity (Wildman–Crippen MR) is 213 cm³/mol. The second-order valence-corrected chi connectivity index (χ2v) is 14.5. The van der Waals surface area contributed by atoms with E-state index in [1.807, 2.05) is 19.1 Å². The van der Waals surface area contributed by atoms with E-state index >= 15 is 0 Å². The van der Waals surface area contributed by atoms with Gasteiger partial charge < -0.3 is 27.0 Å². The first-order valence-electron chi connectivity index (χ1n) is 19.0. The second kappa shape index (κ2) is 20.7. The summed E-state index contributed by atoms with van der Waals surface area (Å²) in [5.74, 6) is -1.15. The number of halogens is 1. The number of nitrogens with one attached hydrogen (secondary N) is 4. The lowest BCUT2D eigenvalue weighted by atomic mass is 9.81. The number of nitrogens with zero attached hydrogens (tertiary/aromatic N) is 3. The Hall–Kier alpha value is -4.22. The van der Waals surface area contributed by atoms with Crippen molar-refractivity contribution in [2.24, 2.45) is 5.92 Å². The Labute approximate surface area is 314 Å². The molecule has 2 aromatic carbocycles. The molecule has 3 aromatic rings. The smallest absolute Gasteiger partial charge is 0.280 e. The number of hydrogen-bond donors (Lipinski definition) is 6. The van der Waals surface area contributed by atoms with Crippen LogP contribution in [0.4, 0.5) is 17.3 Å². The van der Waals surface area contributed by atoms with Gasteiger partial charge in [-0.1, -0.05) is 69.0 Å². The second-order valence-electron chi connectivity index (χ2n) is 14.2. The summed E-state index contributed by atoms with van der Waals surface area (Å²) in [6, 6.07) is 12.8. The van der Waals surface area contributed by atoms with E-state index in [0.717, 1.165) is 63.6 Å². The van der Waals surface area contributed by atoms with Gasteiger partial charge in [-0.15, -0.1) is 0 Å². The number of carbonyl (C=O) groups is 2. The van der Waals surface area contributed by atoms with E-state index in [-0.39, 0.29) is 40.3 Å². The van der Waals surface area contributed by atoms with Gasteiger partial charge in [-0.2, -0.15) is 0 Å². The maximum atomic E-state index is 13.3. The first-order valence-corrected chi connectivity index (χ1v) is 19.4. The van der Waals surface area contributed by atoms with Gasteiger partial charge in [-0.25, -0.2) is 9.97 Å². The molecule has 4 rings (SSSR count). The van der Waals surface area contributed by atoms with E-state index in [0.29, 0.717) is 6.54 Å². The van der Waals surface area contributed by atoms with Gasteiger partial charge in [0.05, 0.1) is 0 Å². The van der Waals surface area contributed by atoms with Crippen LogP contribution in [0.1, 0.15) is 110 Å². The quantitative estimate of drug-likeness (QED) is 0.0448. The zero-order valence-corrected chi connectivity index (χ0v) is 32.0. The van der Waals surface area contributed by atoms with Crippen molar-refractivity contribution in [1.29, 1.82) is 5.41 Å². The summed E-state index contributed by atoms with van der Waals surface area (Å²) in [6.07, 6.45) is 15.2. The molecule has 0 unspecified atom stereocenters. The molecule has 0 saturated heterocycles. The van der Waals surface area contributed by atoms with Gasteiger partial charge in [0.15, 0.2) is 28.4 Å². The molecule has 1 heterocycles. The summed E-state index contributed by atoms with van der Waals surface area (Å²) in [4.78, 5) is 35.8. The van der Waals surface area contributed by atoms with Crippen LogP contribution in [0.5, 0.6) is 0 Å². The number of amides is 2. The maximum absolute atomic E-state index is 13.3. The highest BCUT2D eigenvalue weighted by atomic mass is 35.5. The molecule has 1 aliphatic carbocycles. The number of nitrogens with two attached hydrogens (primary N) is 2. The van der Waals surface area contributed by atoms with Crippen LogP contribution in [-0.2, 0) is 36.9 Å². The topological polar surface area (TPSA) is 175 Å². The minimum atomic E-state index is -0.686. The fraction of sp³-hybridized carbons (Fsp3) is 0.525. The van der Waals surface area contributed by atoms with Gasteiger partial charge in [-0.3, -0.25) is 20.3 Å². The van der Waals surface area contributed by atoms with Crippen LogP contribution in [0, 0.1) is 11.3 Å². The number of benzene rings is 2. The number of rotatable bonds is 19. The van der Waals surface area contributed by atoms with Crippen LogP contribution in [0.2, 0.25) is 5.15 Å². The first-order chi connectivity index (χ1) is 25.0. The molecule has 0 fully saturated rings. The highest BCUT2D eigenvalue weighted by Crippen LogP contribution is 2.30. The minimum Gasteiger partial charge on any atom is -0.382 e. The lowest BCUT2D eigenvalue weighted by Gasteiger charge is -2.24. The van der Waals surface area contributed by atoms with Gasteiger partial charge in [-0.05, 0) is 131 Å². The van der Waals surface area contributed by atoms with Crippen molar-refractivity contribution in [1.82, 2.24) is 25.5 Å². The number of aromatic nitrogens is 2. The van der Waals surface area contributed by atoms with Gasteiger partial charge >= 0.3 is 0 Å². The van der Waals surface area contributed by atoms with Crippen molar-refractivity contribution in [2.45, 2.75) is 104 Å². The van der Waals surface area contributed by atoms with Crippen molar-refractivity contribution < 1.29 is 9.59 Å². The molecule has 8 N–H and O–H groups in total. The van der Waals surface area contributed by atoms with Crippen LogP contribution in [0.3, 0.4) is 0 Å². The van der Waals surface area contributed by atoms with E-state index < -0.39 is 5.91 Å². The molecule has 0 aliphatic heterocycles. The highest BCUT2D eigenvalue weighted by Gasteiger charge is 2.21. The summed E-state index contributed by atoms with van der Waals surface area (Å²) in [5.41, 5.74) is 18.8. The van der Waals surface area contributed by atoms with Gasteiger partial charge in [0.25, 0.3) is 5.91 Å². The summed E-state index contributed by atoms with van der Waals surface area (Å²) in [5, 5.41) is 16.4. The number of fused-ring (bicyclic) bond motifs is 1. The molecule has 0 bridgehead atoms. The Morgan fingerprint density at radius 1 is 0.885 bits per heavy atom. The Bertz CT molecular complexity index is 1650. The molecule has 52 heavy (non-hydrogen) atoms. The fourth-order valence-corrected chi connectivity index (χ4v) is 6.96. The average molecular weight is 732 g/mol. The third-order valence-electron chi connectivity index (χ3n) is 9.86. The number of guanidine groups is 1. The number of hydrogen-bond acceptors (Lipinski definition) is 8. The summed E-state index contributed by atoms with van der Waals surface area (Å²) < 4.78 is 0. The van der Waals surface area contributed by atoms with Crippen molar-refractivity contribution >= 4 is 46.7 Å². The molecule has 0 spiro atoms. The van der Waals surface area contributed by atoms with E-state index in [1.54, 1.807) is 0 Å². The van der Waals surface area contributed by atoms with Crippen LogP contribution in [0.25, 0.3) is 0 Å². The molecule has 11 nitrogen and oxygen atoms in total. The Balaban J connectivity index is 1.20. The summed E-state index contributed by atoms with van der Waals surface area (Å²) in [7, 11) is 2.22. The van der Waals surface area contributed by atoms with Gasteiger partial charge in [0.2, 0.25) is 5.91 Å². The van der Waals surface area contributed by atoms with Crippen LogP contribution < -0.4 is 27.4 Å². The number of nitrogen functional groups attached to an aromatic ring is 2. The van der Waals surface area contributed by atoms with E-state index in [2.05, 4.69) is 69.1 Å². The van der Waals surface area contributed by atoms with Gasteiger partial charge in [0, 0.05) is 18.2 Å². The van der Waals surface area contributed by atoms with E-state index in [1.165, 1.54) is 72.9 Å². The maximum Gasteiger partial charge on any atom is 0.280 e. The monoisotopic (exact) mass is 731 g/mol. The lowest BCUT2D eigenvalue weighted by Crippen LogP contribution is -2.41. The molecule has 1 aliphatic rings. The molecule has 0 radical (unpaired) electrons. The molecule has 1 aromatic heterocycles. The molecule has 0 saturated carbocycles. The normalized spacial score (nSPS) is 13.0. The molecule has 1 atom stereocenters. The van der Waals surface area contributed by atoms with Crippen LogP contribution >= 0.6 is 11.6 Å². The molecule has 12 heteroatoms. The summed E-state index contributed by atoms with van der Waals surface area (Å²) >= 11 is 5.86. The van der Waals surface area contributed by atoms with E-state index in [9.17, 15) is 9.59 Å². The Morgan fingerprint density at radius 3 is 2.31 bits per heavy atom. The predicted octanol–water partition coefficient (Wildman–Crippen LogP) is 6.71. The fourth-order valence-electron chi connectivity index (χ4n) is 6.84. The molecule has 282 valence electrons. The van der Waals surface area contributed by atoms with Crippen molar-refractivity contribution in [3.63, 3.8) is 0 Å². The largest absolute Gasteiger partial charge is 0.382 e. The standard InChI is InChI=1S/C40H58ClN9O2/c1-4-5-6-11-24-50(3)25-12-13-28-17-21-31(22-18-28)46-38(51)27(2)26-30-20-19-29(32-15-7-8-16-33(30)32)14-9-10-23-45-40(44)49-39(52)34-36(42)48-37(43)35(41)47-34/h17-22,27H,4-16,23-26H2,1-3H3,(H,46,51)(H4,42,43,48)(H3,44,45,49,52)/t27-/m0/s1. The SMILES string of the molecule is CCCCCCN(C)CCCc1ccc(NC(=O)[C@@H](C)Cc2ccc(CCCCNC(=N)NC(=O)c3nc(Cl)c(N)nc3N)c3c2CCCC3)cc1. The average Bonchev–Trinajstić information content (AvgIpc) is 3.12. The molecular formula is C40H58ClN9O2. The van der Waals surface area contributed by atoms with Crippen molar-refractivity contribution in [3.05, 3.63) is 75.1 Å². The third kappa shape index (κ3) is 12.5. The van der Waals surface area contributed by atoms with Crippen molar-refractivity contribution in [3.8, 4) is 0 Å². The zero-order chi connectivity index (χ0) is 37.5. The molecule has 2 amide bonds. The minimum absolute atomic E-state index is 0.0500. The highest BCUT2D eigenvalue weighted by molar-refractivity contribution is 6.31. The number of aryl methyl sites for hydroxylation is 2. The zero-order valence-electron chi connectivity index (χ0n) is 31.3. The first kappa shape index (κ1) is 40.5. The lowest BCUT2D eigenvalue weighted by molar-refractivity contribution is -0.119. The van der Waals surface area contributed by atoms with Gasteiger partial charge in [0.1, 0.15) is 0 Å². The van der Waals surface area contributed by atoms with Crippen LogP contribution in [-0.4, -0.2) is 59.3 Å². The van der Waals surface area contributed by atoms with Crippen LogP contribution in [0.15, 0.2) is 36.4 Å². The number of carbonyl (C=O) groups excluding carboxylic acids is 2.